The SMILES string of the molecule is CCCC1CCN(Cc2cccc(C#CCN)c2)CC1. The van der Waals surface area contributed by atoms with Gasteiger partial charge in [0.25, 0.3) is 0 Å². The smallest absolute Gasteiger partial charge is 0.0555 e. The highest BCUT2D eigenvalue weighted by molar-refractivity contribution is 5.37. The van der Waals surface area contributed by atoms with E-state index in [0.29, 0.717) is 6.54 Å². The molecule has 0 radical (unpaired) electrons. The van der Waals surface area contributed by atoms with Gasteiger partial charge in [-0.15, -0.1) is 0 Å². The number of nitrogens with zero attached hydrogens (tertiary/aromatic N) is 1. The Morgan fingerprint density at radius 3 is 2.80 bits per heavy atom. The Labute approximate surface area is 123 Å². The maximum absolute atomic E-state index is 5.42. The fraction of sp³-hybridized carbons (Fsp3) is 0.556. The summed E-state index contributed by atoms with van der Waals surface area (Å²) in [6.07, 6.45) is 5.45. The molecule has 1 aromatic carbocycles. The molecule has 0 unspecified atom stereocenters. The predicted molar refractivity (Wildman–Crippen MR) is 85.3 cm³/mol. The van der Waals surface area contributed by atoms with Crippen LogP contribution in [0.15, 0.2) is 24.3 Å². The van der Waals surface area contributed by atoms with Crippen LogP contribution >= 0.6 is 0 Å². The fourth-order valence-corrected chi connectivity index (χ4v) is 3.00. The van der Waals surface area contributed by atoms with E-state index in [0.717, 1.165) is 18.0 Å². The summed E-state index contributed by atoms with van der Waals surface area (Å²) in [7, 11) is 0. The minimum atomic E-state index is 0.426. The lowest BCUT2D eigenvalue weighted by Crippen LogP contribution is -2.33. The lowest BCUT2D eigenvalue weighted by Gasteiger charge is -2.31. The van der Waals surface area contributed by atoms with Crippen molar-refractivity contribution in [3.63, 3.8) is 0 Å². The van der Waals surface area contributed by atoms with Gasteiger partial charge in [0.2, 0.25) is 0 Å². The van der Waals surface area contributed by atoms with E-state index in [1.165, 1.54) is 44.3 Å². The Hall–Kier alpha value is -1.30. The Morgan fingerprint density at radius 1 is 1.30 bits per heavy atom. The number of benzene rings is 1. The summed E-state index contributed by atoms with van der Waals surface area (Å²) >= 11 is 0. The second-order valence-corrected chi connectivity index (χ2v) is 5.71. The summed E-state index contributed by atoms with van der Waals surface area (Å²) in [5.74, 6) is 6.99. The van der Waals surface area contributed by atoms with Crippen molar-refractivity contribution < 1.29 is 0 Å². The van der Waals surface area contributed by atoms with Crippen LogP contribution < -0.4 is 5.73 Å². The second kappa shape index (κ2) is 8.09. The van der Waals surface area contributed by atoms with Gasteiger partial charge in [-0.2, -0.15) is 0 Å². The first-order chi connectivity index (χ1) is 9.81. The van der Waals surface area contributed by atoms with E-state index in [9.17, 15) is 0 Å². The molecule has 2 rings (SSSR count). The molecular weight excluding hydrogens is 244 g/mol. The van der Waals surface area contributed by atoms with E-state index in [1.807, 2.05) is 0 Å². The van der Waals surface area contributed by atoms with E-state index in [2.05, 4.69) is 47.9 Å². The second-order valence-electron chi connectivity index (χ2n) is 5.71. The molecule has 1 aliphatic rings. The zero-order valence-corrected chi connectivity index (χ0v) is 12.6. The van der Waals surface area contributed by atoms with Gasteiger partial charge in [0.1, 0.15) is 0 Å². The van der Waals surface area contributed by atoms with Crippen LogP contribution in [0.1, 0.15) is 43.7 Å². The van der Waals surface area contributed by atoms with Crippen molar-refractivity contribution in [3.8, 4) is 11.8 Å². The number of hydrogen-bond acceptors (Lipinski definition) is 2. The molecule has 108 valence electrons. The first kappa shape index (κ1) is 15.1. The Kier molecular flexibility index (Phi) is 6.11. The average molecular weight is 270 g/mol. The van der Waals surface area contributed by atoms with E-state index in [-0.39, 0.29) is 0 Å². The van der Waals surface area contributed by atoms with E-state index in [4.69, 9.17) is 5.73 Å². The van der Waals surface area contributed by atoms with E-state index >= 15 is 0 Å². The van der Waals surface area contributed by atoms with Crippen LogP contribution in [0.4, 0.5) is 0 Å². The van der Waals surface area contributed by atoms with Crippen molar-refractivity contribution in [2.45, 2.75) is 39.2 Å². The Morgan fingerprint density at radius 2 is 2.10 bits per heavy atom. The molecule has 0 saturated carbocycles. The molecule has 0 amide bonds. The molecule has 0 spiro atoms. The van der Waals surface area contributed by atoms with Crippen LogP contribution in [0.2, 0.25) is 0 Å². The molecule has 2 nitrogen and oxygen atoms in total. The summed E-state index contributed by atoms with van der Waals surface area (Å²) in [6, 6.07) is 8.55. The van der Waals surface area contributed by atoms with Gasteiger partial charge >= 0.3 is 0 Å². The highest BCUT2D eigenvalue weighted by Crippen LogP contribution is 2.22. The number of piperidine rings is 1. The molecule has 0 aliphatic carbocycles. The quantitative estimate of drug-likeness (QED) is 0.852. The molecule has 1 fully saturated rings. The largest absolute Gasteiger partial charge is 0.320 e. The van der Waals surface area contributed by atoms with Crippen molar-refractivity contribution in [2.24, 2.45) is 11.7 Å². The van der Waals surface area contributed by atoms with E-state index < -0.39 is 0 Å². The van der Waals surface area contributed by atoms with Gasteiger partial charge in [0, 0.05) is 12.1 Å². The summed E-state index contributed by atoms with van der Waals surface area (Å²) in [4.78, 5) is 2.57. The van der Waals surface area contributed by atoms with Gasteiger partial charge in [0.05, 0.1) is 6.54 Å². The molecule has 2 N–H and O–H groups in total. The van der Waals surface area contributed by atoms with Crippen LogP contribution in [0.5, 0.6) is 0 Å². The Bertz CT molecular complexity index is 462. The average Bonchev–Trinajstić information content (AvgIpc) is 2.48. The predicted octanol–water partition coefficient (Wildman–Crippen LogP) is 3.01. The summed E-state index contributed by atoms with van der Waals surface area (Å²) in [5.41, 5.74) is 7.86. The molecule has 0 bridgehead atoms. The van der Waals surface area contributed by atoms with Gasteiger partial charge in [0.15, 0.2) is 0 Å². The first-order valence-electron chi connectivity index (χ1n) is 7.82. The highest BCUT2D eigenvalue weighted by atomic mass is 15.1. The summed E-state index contributed by atoms with van der Waals surface area (Å²) < 4.78 is 0. The number of hydrogen-bond donors (Lipinski definition) is 1. The zero-order chi connectivity index (χ0) is 14.2. The molecular formula is C18H26N2. The van der Waals surface area contributed by atoms with Crippen molar-refractivity contribution in [1.82, 2.24) is 4.90 Å². The lowest BCUT2D eigenvalue weighted by molar-refractivity contribution is 0.172. The number of likely N-dealkylation sites (tertiary alicyclic amines) is 1. The van der Waals surface area contributed by atoms with Gasteiger partial charge in [-0.05, 0) is 49.5 Å². The molecule has 1 aromatic rings. The van der Waals surface area contributed by atoms with Gasteiger partial charge < -0.3 is 5.73 Å². The van der Waals surface area contributed by atoms with Crippen LogP contribution in [0.25, 0.3) is 0 Å². The number of nitrogens with two attached hydrogens (primary N) is 1. The molecule has 0 aromatic heterocycles. The first-order valence-corrected chi connectivity index (χ1v) is 7.82. The van der Waals surface area contributed by atoms with Crippen molar-refractivity contribution >= 4 is 0 Å². The third kappa shape index (κ3) is 4.67. The topological polar surface area (TPSA) is 29.3 Å². The normalized spacial score (nSPS) is 16.7. The van der Waals surface area contributed by atoms with Crippen molar-refractivity contribution in [2.75, 3.05) is 19.6 Å². The van der Waals surface area contributed by atoms with Crippen LogP contribution in [0.3, 0.4) is 0 Å². The lowest BCUT2D eigenvalue weighted by atomic mass is 9.92. The molecule has 1 saturated heterocycles. The molecule has 20 heavy (non-hydrogen) atoms. The molecule has 0 atom stereocenters. The standard InChI is InChI=1S/C18H26N2/c1-2-5-16-9-12-20(13-10-16)15-18-7-3-6-17(14-18)8-4-11-19/h3,6-7,14,16H,2,5,9-13,15,19H2,1H3. The minimum Gasteiger partial charge on any atom is -0.320 e. The third-order valence-corrected chi connectivity index (χ3v) is 4.07. The highest BCUT2D eigenvalue weighted by Gasteiger charge is 2.18. The van der Waals surface area contributed by atoms with Crippen molar-refractivity contribution in [1.29, 1.82) is 0 Å². The summed E-state index contributed by atoms with van der Waals surface area (Å²) in [5, 5.41) is 0. The maximum Gasteiger partial charge on any atom is 0.0555 e. The number of rotatable bonds is 4. The third-order valence-electron chi connectivity index (χ3n) is 4.07. The van der Waals surface area contributed by atoms with Gasteiger partial charge in [-0.3, -0.25) is 4.90 Å². The zero-order valence-electron chi connectivity index (χ0n) is 12.6. The minimum absolute atomic E-state index is 0.426. The monoisotopic (exact) mass is 270 g/mol. The van der Waals surface area contributed by atoms with Crippen molar-refractivity contribution in [3.05, 3.63) is 35.4 Å². The molecule has 1 aliphatic heterocycles. The molecule has 2 heteroatoms. The fourth-order valence-electron chi connectivity index (χ4n) is 3.00. The van der Waals surface area contributed by atoms with Crippen LogP contribution in [-0.2, 0) is 6.54 Å². The maximum atomic E-state index is 5.42. The summed E-state index contributed by atoms with van der Waals surface area (Å²) in [6.45, 7) is 6.25. The Balaban J connectivity index is 1.88. The van der Waals surface area contributed by atoms with E-state index in [1.54, 1.807) is 0 Å². The van der Waals surface area contributed by atoms with Gasteiger partial charge in [-0.25, -0.2) is 0 Å². The van der Waals surface area contributed by atoms with Crippen LogP contribution in [0, 0.1) is 17.8 Å². The van der Waals surface area contributed by atoms with Crippen LogP contribution in [-0.4, -0.2) is 24.5 Å². The molecule has 1 heterocycles. The van der Waals surface area contributed by atoms with Gasteiger partial charge in [-0.1, -0.05) is 43.7 Å².